The van der Waals surface area contributed by atoms with Crippen molar-refractivity contribution in [3.05, 3.63) is 72.7 Å². The van der Waals surface area contributed by atoms with Gasteiger partial charge in [-0.15, -0.1) is 0 Å². The van der Waals surface area contributed by atoms with Gasteiger partial charge in [0.05, 0.1) is 11.1 Å². The molecule has 0 bridgehead atoms. The van der Waals surface area contributed by atoms with Crippen LogP contribution >= 0.6 is 0 Å². The molecule has 7 heteroatoms. The van der Waals surface area contributed by atoms with E-state index in [-0.39, 0.29) is 4.90 Å². The number of benzene rings is 2. The summed E-state index contributed by atoms with van der Waals surface area (Å²) in [4.78, 5) is 4.92. The van der Waals surface area contributed by atoms with Crippen LogP contribution in [-0.2, 0) is 9.84 Å². The molecule has 2 aromatic heterocycles. The van der Waals surface area contributed by atoms with Crippen molar-refractivity contribution < 1.29 is 8.42 Å². The van der Waals surface area contributed by atoms with Gasteiger partial charge in [0.15, 0.2) is 15.5 Å². The first-order valence-electron chi connectivity index (χ1n) is 10.5. The van der Waals surface area contributed by atoms with Crippen LogP contribution in [0.1, 0.15) is 30.9 Å². The molecule has 2 aromatic carbocycles. The maximum Gasteiger partial charge on any atom is 0.175 e. The fourth-order valence-corrected chi connectivity index (χ4v) is 4.83. The zero-order chi connectivity index (χ0) is 21.4. The third kappa shape index (κ3) is 3.98. The van der Waals surface area contributed by atoms with E-state index in [0.717, 1.165) is 28.8 Å². The van der Waals surface area contributed by atoms with E-state index in [1.165, 1.54) is 31.1 Å². The van der Waals surface area contributed by atoms with Gasteiger partial charge in [0.25, 0.3) is 0 Å². The molecule has 0 spiro atoms. The smallest absolute Gasteiger partial charge is 0.175 e. The Morgan fingerprint density at radius 1 is 1.00 bits per heavy atom. The van der Waals surface area contributed by atoms with Crippen LogP contribution in [-0.4, -0.2) is 35.8 Å². The van der Waals surface area contributed by atoms with Crippen LogP contribution in [0.25, 0.3) is 27.9 Å². The molecular formula is C24H24N4O2S. The lowest BCUT2D eigenvalue weighted by Gasteiger charge is -2.24. The minimum Gasteiger partial charge on any atom is -0.310 e. The molecule has 1 unspecified atom stereocenters. The van der Waals surface area contributed by atoms with E-state index < -0.39 is 9.84 Å². The number of sulfone groups is 1. The largest absolute Gasteiger partial charge is 0.310 e. The molecule has 0 aliphatic carbocycles. The molecule has 1 saturated heterocycles. The lowest BCUT2D eigenvalue weighted by molar-refractivity contribution is 0.412. The fourth-order valence-electron chi connectivity index (χ4n) is 4.17. The molecule has 1 atom stereocenters. The van der Waals surface area contributed by atoms with Crippen molar-refractivity contribution in [2.24, 2.45) is 0 Å². The molecule has 1 aliphatic heterocycles. The molecule has 1 aliphatic rings. The Morgan fingerprint density at radius 2 is 1.84 bits per heavy atom. The standard InChI is InChI=1S/C24H24N4O2S/c1-31(29,30)21-6-4-5-19(13-21)22-15-27-28-16-20(14-26-24(22)28)17-8-10-18(11-9-17)23-7-2-3-12-25-23/h4-6,8-11,13-16,23,25H,2-3,7,12H2,1H3. The Balaban J connectivity index is 1.46. The van der Waals surface area contributed by atoms with E-state index in [1.807, 2.05) is 18.5 Å². The van der Waals surface area contributed by atoms with Gasteiger partial charge in [0.2, 0.25) is 0 Å². The summed E-state index contributed by atoms with van der Waals surface area (Å²) >= 11 is 0. The monoisotopic (exact) mass is 432 g/mol. The summed E-state index contributed by atoms with van der Waals surface area (Å²) in [7, 11) is -3.28. The average Bonchev–Trinajstić information content (AvgIpc) is 3.23. The minimum absolute atomic E-state index is 0.286. The number of fused-ring (bicyclic) bond motifs is 1. The second-order valence-electron chi connectivity index (χ2n) is 8.09. The summed E-state index contributed by atoms with van der Waals surface area (Å²) in [6.07, 6.45) is 10.4. The average molecular weight is 433 g/mol. The third-order valence-electron chi connectivity index (χ3n) is 5.89. The van der Waals surface area contributed by atoms with E-state index in [4.69, 9.17) is 0 Å². The topological polar surface area (TPSA) is 76.4 Å². The van der Waals surface area contributed by atoms with Gasteiger partial charge in [-0.25, -0.2) is 17.9 Å². The van der Waals surface area contributed by atoms with Gasteiger partial charge in [-0.3, -0.25) is 0 Å². The number of hydrogen-bond acceptors (Lipinski definition) is 5. The quantitative estimate of drug-likeness (QED) is 0.521. The second-order valence-corrected chi connectivity index (χ2v) is 10.1. The van der Waals surface area contributed by atoms with Gasteiger partial charge in [0.1, 0.15) is 0 Å². The van der Waals surface area contributed by atoms with Crippen molar-refractivity contribution >= 4 is 15.5 Å². The summed E-state index contributed by atoms with van der Waals surface area (Å²) in [6, 6.07) is 16.0. The van der Waals surface area contributed by atoms with Crippen LogP contribution in [0.4, 0.5) is 0 Å². The predicted molar refractivity (Wildman–Crippen MR) is 122 cm³/mol. The van der Waals surface area contributed by atoms with Crippen molar-refractivity contribution in [2.75, 3.05) is 12.8 Å². The predicted octanol–water partition coefficient (Wildman–Crippen LogP) is 4.28. The van der Waals surface area contributed by atoms with Gasteiger partial charge in [-0.2, -0.15) is 5.10 Å². The summed E-state index contributed by atoms with van der Waals surface area (Å²) in [6.45, 7) is 1.09. The van der Waals surface area contributed by atoms with Crippen LogP contribution in [0.2, 0.25) is 0 Å². The van der Waals surface area contributed by atoms with Crippen molar-refractivity contribution in [3.8, 4) is 22.3 Å². The molecule has 3 heterocycles. The Labute approximate surface area is 181 Å². The summed E-state index contributed by atoms with van der Waals surface area (Å²) in [5.41, 5.74) is 5.67. The zero-order valence-electron chi connectivity index (χ0n) is 17.3. The van der Waals surface area contributed by atoms with Crippen molar-refractivity contribution in [2.45, 2.75) is 30.2 Å². The molecule has 0 radical (unpaired) electrons. The maximum atomic E-state index is 11.9. The van der Waals surface area contributed by atoms with Gasteiger partial charge >= 0.3 is 0 Å². The minimum atomic E-state index is -3.28. The highest BCUT2D eigenvalue weighted by atomic mass is 32.2. The van der Waals surface area contributed by atoms with Crippen molar-refractivity contribution in [1.82, 2.24) is 19.9 Å². The molecule has 6 nitrogen and oxygen atoms in total. The summed E-state index contributed by atoms with van der Waals surface area (Å²) < 4.78 is 25.6. The molecule has 5 rings (SSSR count). The highest BCUT2D eigenvalue weighted by molar-refractivity contribution is 7.90. The van der Waals surface area contributed by atoms with Gasteiger partial charge in [0, 0.05) is 35.8 Å². The molecule has 31 heavy (non-hydrogen) atoms. The lowest BCUT2D eigenvalue weighted by Crippen LogP contribution is -2.26. The number of nitrogens with zero attached hydrogens (tertiary/aromatic N) is 3. The molecule has 4 aromatic rings. The normalized spacial score (nSPS) is 17.1. The van der Waals surface area contributed by atoms with E-state index in [0.29, 0.717) is 11.7 Å². The lowest BCUT2D eigenvalue weighted by atomic mass is 9.96. The van der Waals surface area contributed by atoms with Crippen LogP contribution < -0.4 is 5.32 Å². The van der Waals surface area contributed by atoms with Crippen LogP contribution in [0, 0.1) is 0 Å². The molecule has 0 saturated carbocycles. The Hall–Kier alpha value is -3.03. The summed E-state index contributed by atoms with van der Waals surface area (Å²) in [5.74, 6) is 0. The van der Waals surface area contributed by atoms with Gasteiger partial charge < -0.3 is 5.32 Å². The molecule has 158 valence electrons. The van der Waals surface area contributed by atoms with E-state index in [9.17, 15) is 8.42 Å². The Bertz CT molecular complexity index is 1340. The molecular weight excluding hydrogens is 408 g/mol. The highest BCUT2D eigenvalue weighted by Gasteiger charge is 2.15. The first kappa shape index (κ1) is 19.9. The van der Waals surface area contributed by atoms with Crippen LogP contribution in [0.15, 0.2) is 72.0 Å². The second kappa shape index (κ2) is 7.90. The number of rotatable bonds is 4. The Kier molecular flexibility index (Phi) is 5.08. The number of aromatic nitrogens is 3. The zero-order valence-corrected chi connectivity index (χ0v) is 18.1. The Morgan fingerprint density at radius 3 is 2.58 bits per heavy atom. The van der Waals surface area contributed by atoms with Gasteiger partial charge in [-0.05, 0) is 48.2 Å². The summed E-state index contributed by atoms with van der Waals surface area (Å²) in [5, 5.41) is 8.04. The van der Waals surface area contributed by atoms with Crippen LogP contribution in [0.3, 0.4) is 0 Å². The molecule has 1 N–H and O–H groups in total. The number of hydrogen-bond donors (Lipinski definition) is 1. The SMILES string of the molecule is CS(=O)(=O)c1cccc(-c2cnn3cc(-c4ccc(C5CCCCN5)cc4)cnc23)c1. The van der Waals surface area contributed by atoms with Crippen LogP contribution in [0.5, 0.6) is 0 Å². The maximum absolute atomic E-state index is 11.9. The molecule has 0 amide bonds. The van der Waals surface area contributed by atoms with Gasteiger partial charge in [-0.1, -0.05) is 42.8 Å². The van der Waals surface area contributed by atoms with Crippen molar-refractivity contribution in [3.63, 3.8) is 0 Å². The highest BCUT2D eigenvalue weighted by Crippen LogP contribution is 2.29. The fraction of sp³-hybridized carbons (Fsp3) is 0.250. The van der Waals surface area contributed by atoms with E-state index >= 15 is 0 Å². The number of nitrogens with one attached hydrogen (secondary N) is 1. The number of piperidine rings is 1. The first-order chi connectivity index (χ1) is 15.0. The van der Waals surface area contributed by atoms with E-state index in [2.05, 4.69) is 39.7 Å². The first-order valence-corrected chi connectivity index (χ1v) is 12.4. The molecule has 1 fully saturated rings. The van der Waals surface area contributed by atoms with E-state index in [1.54, 1.807) is 28.9 Å². The third-order valence-corrected chi connectivity index (χ3v) is 7.00. The van der Waals surface area contributed by atoms with Crippen molar-refractivity contribution in [1.29, 1.82) is 0 Å².